The van der Waals surface area contributed by atoms with Gasteiger partial charge >= 0.3 is 5.97 Å². The Hall–Kier alpha value is -2.59. The van der Waals surface area contributed by atoms with Crippen LogP contribution in [0.5, 0.6) is 0 Å². The van der Waals surface area contributed by atoms with Gasteiger partial charge in [0.25, 0.3) is 0 Å². The molecule has 1 N–H and O–H groups in total. The summed E-state index contributed by atoms with van der Waals surface area (Å²) >= 11 is 0. The zero-order chi connectivity index (χ0) is 19.6. The maximum absolute atomic E-state index is 12.3. The number of benzene rings is 2. The first-order chi connectivity index (χ1) is 14.3. The molecule has 2 aromatic carbocycles. The van der Waals surface area contributed by atoms with Gasteiger partial charge in [0.2, 0.25) is 0 Å². The second kappa shape index (κ2) is 8.03. The van der Waals surface area contributed by atoms with Gasteiger partial charge in [-0.3, -0.25) is 0 Å². The van der Waals surface area contributed by atoms with E-state index in [1.807, 2.05) is 30.3 Å². The standard InChI is InChI=1S/C25H28N2O2/c28-25(20-6-2-1-3-7-20)29-17-19-14-18-10-11-24-22(12-13-27(15-18)16-19)21-8-4-5-9-23(21)26-24/h1-9,18-19,26H,10-17H2/t18-,19+/m0/s1. The minimum atomic E-state index is -0.204. The fraction of sp³-hybridized carbons (Fsp3) is 0.400. The molecule has 1 aromatic heterocycles. The molecule has 1 fully saturated rings. The van der Waals surface area contributed by atoms with Crippen LogP contribution in [0.25, 0.3) is 10.9 Å². The summed E-state index contributed by atoms with van der Waals surface area (Å²) in [5.74, 6) is 0.890. The molecule has 1 saturated heterocycles. The lowest BCUT2D eigenvalue weighted by atomic mass is 9.86. The van der Waals surface area contributed by atoms with E-state index in [1.54, 1.807) is 0 Å². The molecule has 2 bridgehead atoms. The summed E-state index contributed by atoms with van der Waals surface area (Å²) in [4.78, 5) is 18.6. The molecule has 3 heterocycles. The molecule has 0 radical (unpaired) electrons. The van der Waals surface area contributed by atoms with Gasteiger partial charge in [0.1, 0.15) is 0 Å². The Labute approximate surface area is 171 Å². The average Bonchev–Trinajstić information content (AvgIpc) is 3.14. The summed E-state index contributed by atoms with van der Waals surface area (Å²) in [6, 6.07) is 18.0. The van der Waals surface area contributed by atoms with Crippen LogP contribution in [0.3, 0.4) is 0 Å². The molecule has 4 heteroatoms. The van der Waals surface area contributed by atoms with Crippen molar-refractivity contribution in [1.82, 2.24) is 9.88 Å². The number of rotatable bonds is 3. The number of carbonyl (C=O) groups is 1. The molecule has 1 unspecified atom stereocenters. The number of aryl methyl sites for hydroxylation is 1. The van der Waals surface area contributed by atoms with Gasteiger partial charge in [-0.2, -0.15) is 0 Å². The second-order valence-corrected chi connectivity index (χ2v) is 8.61. The Balaban J connectivity index is 1.26. The van der Waals surface area contributed by atoms with Gasteiger partial charge in [-0.25, -0.2) is 4.79 Å². The van der Waals surface area contributed by atoms with Gasteiger partial charge in [0.15, 0.2) is 0 Å². The normalized spacial score (nSPS) is 24.2. The van der Waals surface area contributed by atoms with Crippen LogP contribution in [0.1, 0.15) is 34.5 Å². The van der Waals surface area contributed by atoms with E-state index in [-0.39, 0.29) is 5.97 Å². The van der Waals surface area contributed by atoms with Gasteiger partial charge in [-0.15, -0.1) is 0 Å². The van der Waals surface area contributed by atoms with E-state index in [2.05, 4.69) is 34.1 Å². The second-order valence-electron chi connectivity index (χ2n) is 8.61. The SMILES string of the molecule is O=C(OC[C@@H]1C[C@@H]2CCc3[nH]c4ccccc4c3CCN(C1)C2)c1ccccc1. The first-order valence-electron chi connectivity index (χ1n) is 10.8. The van der Waals surface area contributed by atoms with Crippen molar-refractivity contribution in [1.29, 1.82) is 0 Å². The Morgan fingerprint density at radius 2 is 1.86 bits per heavy atom. The van der Waals surface area contributed by atoms with Crippen molar-refractivity contribution in [2.45, 2.75) is 25.7 Å². The van der Waals surface area contributed by atoms with Crippen molar-refractivity contribution in [3.8, 4) is 0 Å². The third-order valence-corrected chi connectivity index (χ3v) is 6.54. The molecule has 3 aromatic rings. The third-order valence-electron chi connectivity index (χ3n) is 6.54. The molecular weight excluding hydrogens is 360 g/mol. The number of H-pyrrole nitrogens is 1. The lowest BCUT2D eigenvalue weighted by Gasteiger charge is -2.37. The number of nitrogens with one attached hydrogen (secondary N) is 1. The summed E-state index contributed by atoms with van der Waals surface area (Å²) < 4.78 is 5.67. The van der Waals surface area contributed by atoms with Crippen LogP contribution >= 0.6 is 0 Å². The van der Waals surface area contributed by atoms with E-state index in [0.29, 0.717) is 24.0 Å². The van der Waals surface area contributed by atoms with E-state index in [4.69, 9.17) is 4.74 Å². The summed E-state index contributed by atoms with van der Waals surface area (Å²) in [6.07, 6.45) is 4.54. The number of para-hydroxylation sites is 1. The van der Waals surface area contributed by atoms with Gasteiger partial charge in [0, 0.05) is 42.1 Å². The average molecular weight is 389 g/mol. The lowest BCUT2D eigenvalue weighted by Crippen LogP contribution is -2.42. The molecule has 0 amide bonds. The zero-order valence-corrected chi connectivity index (χ0v) is 16.8. The molecule has 2 aliphatic heterocycles. The minimum Gasteiger partial charge on any atom is -0.462 e. The highest BCUT2D eigenvalue weighted by Gasteiger charge is 2.30. The van der Waals surface area contributed by atoms with Crippen molar-refractivity contribution in [3.63, 3.8) is 0 Å². The monoisotopic (exact) mass is 388 g/mol. The minimum absolute atomic E-state index is 0.204. The molecule has 5 rings (SSSR count). The van der Waals surface area contributed by atoms with E-state index >= 15 is 0 Å². The predicted molar refractivity (Wildman–Crippen MR) is 115 cm³/mol. The molecule has 0 saturated carbocycles. The Morgan fingerprint density at radius 3 is 2.76 bits per heavy atom. The maximum Gasteiger partial charge on any atom is 0.338 e. The van der Waals surface area contributed by atoms with Gasteiger partial charge < -0.3 is 14.6 Å². The summed E-state index contributed by atoms with van der Waals surface area (Å²) in [7, 11) is 0. The third kappa shape index (κ3) is 3.95. The molecule has 2 aliphatic rings. The van der Waals surface area contributed by atoms with Crippen molar-refractivity contribution in [2.24, 2.45) is 11.8 Å². The molecule has 29 heavy (non-hydrogen) atoms. The van der Waals surface area contributed by atoms with Crippen LogP contribution in [-0.4, -0.2) is 42.1 Å². The van der Waals surface area contributed by atoms with Crippen LogP contribution in [0.15, 0.2) is 54.6 Å². The number of hydrogen-bond donors (Lipinski definition) is 1. The first-order valence-corrected chi connectivity index (χ1v) is 10.8. The Bertz CT molecular complexity index is 994. The first kappa shape index (κ1) is 18.4. The van der Waals surface area contributed by atoms with Crippen molar-refractivity contribution < 1.29 is 9.53 Å². The maximum atomic E-state index is 12.3. The number of piperidine rings is 1. The van der Waals surface area contributed by atoms with Gasteiger partial charge in [-0.05, 0) is 55.4 Å². The predicted octanol–water partition coefficient (Wildman–Crippen LogP) is 4.45. The smallest absolute Gasteiger partial charge is 0.338 e. The van der Waals surface area contributed by atoms with Crippen molar-refractivity contribution in [3.05, 3.63) is 71.4 Å². The Morgan fingerprint density at radius 1 is 1.03 bits per heavy atom. The van der Waals surface area contributed by atoms with Crippen LogP contribution in [0, 0.1) is 11.8 Å². The van der Waals surface area contributed by atoms with E-state index < -0.39 is 0 Å². The number of carbonyl (C=O) groups excluding carboxylic acids is 1. The largest absolute Gasteiger partial charge is 0.462 e. The van der Waals surface area contributed by atoms with Crippen molar-refractivity contribution in [2.75, 3.05) is 26.2 Å². The van der Waals surface area contributed by atoms with Crippen LogP contribution in [-0.2, 0) is 17.6 Å². The highest BCUT2D eigenvalue weighted by atomic mass is 16.5. The Kier molecular flexibility index (Phi) is 5.11. The van der Waals surface area contributed by atoms with Gasteiger partial charge in [-0.1, -0.05) is 36.4 Å². The number of ether oxygens (including phenoxy) is 1. The van der Waals surface area contributed by atoms with E-state index in [1.165, 1.54) is 35.1 Å². The fourth-order valence-electron chi connectivity index (χ4n) is 5.16. The molecule has 150 valence electrons. The van der Waals surface area contributed by atoms with Crippen molar-refractivity contribution >= 4 is 16.9 Å². The highest BCUT2D eigenvalue weighted by Crippen LogP contribution is 2.31. The summed E-state index contributed by atoms with van der Waals surface area (Å²) in [5.41, 5.74) is 4.83. The highest BCUT2D eigenvalue weighted by molar-refractivity contribution is 5.89. The van der Waals surface area contributed by atoms with E-state index in [9.17, 15) is 4.79 Å². The quantitative estimate of drug-likeness (QED) is 0.674. The fourth-order valence-corrected chi connectivity index (χ4v) is 5.16. The number of nitrogens with zero attached hydrogens (tertiary/aromatic N) is 1. The molecular formula is C25H28N2O2. The summed E-state index contributed by atoms with van der Waals surface area (Å²) in [6.45, 7) is 3.80. The van der Waals surface area contributed by atoms with Crippen LogP contribution in [0.4, 0.5) is 0 Å². The number of hydrogen-bond acceptors (Lipinski definition) is 3. The number of esters is 1. The molecule has 0 aliphatic carbocycles. The number of fused-ring (bicyclic) bond motifs is 5. The zero-order valence-electron chi connectivity index (χ0n) is 16.8. The van der Waals surface area contributed by atoms with Gasteiger partial charge in [0.05, 0.1) is 12.2 Å². The lowest BCUT2D eigenvalue weighted by molar-refractivity contribution is 0.0285. The topological polar surface area (TPSA) is 45.3 Å². The molecule has 4 nitrogen and oxygen atoms in total. The van der Waals surface area contributed by atoms with Crippen LogP contribution in [0.2, 0.25) is 0 Å². The molecule has 0 spiro atoms. The van der Waals surface area contributed by atoms with Crippen LogP contribution < -0.4 is 0 Å². The summed E-state index contributed by atoms with van der Waals surface area (Å²) in [5, 5.41) is 1.38. The molecule has 3 atom stereocenters. The number of aromatic amines is 1. The van der Waals surface area contributed by atoms with E-state index in [0.717, 1.165) is 32.4 Å². The number of aromatic nitrogens is 1.